The third-order valence-electron chi connectivity index (χ3n) is 5.43. The number of esters is 1. The lowest BCUT2D eigenvalue weighted by Gasteiger charge is -2.12. The Kier molecular flexibility index (Phi) is 8.73. The van der Waals surface area contributed by atoms with Crippen molar-refractivity contribution in [3.8, 4) is 0 Å². The van der Waals surface area contributed by atoms with Gasteiger partial charge in [-0.15, -0.1) is 11.8 Å². The van der Waals surface area contributed by atoms with Gasteiger partial charge in [0.1, 0.15) is 5.70 Å². The average molecular weight is 511 g/mol. The second-order valence-electron chi connectivity index (χ2n) is 8.02. The summed E-state index contributed by atoms with van der Waals surface area (Å²) in [6.07, 6.45) is 1.68. The monoisotopic (exact) mass is 510 g/mol. The van der Waals surface area contributed by atoms with Crippen molar-refractivity contribution in [1.29, 1.82) is 0 Å². The lowest BCUT2D eigenvalue weighted by Crippen LogP contribution is -2.30. The molecule has 37 heavy (non-hydrogen) atoms. The van der Waals surface area contributed by atoms with Crippen LogP contribution in [0.25, 0.3) is 16.8 Å². The summed E-state index contributed by atoms with van der Waals surface area (Å²) in [4.78, 5) is 38.7. The zero-order valence-electron chi connectivity index (χ0n) is 20.3. The second kappa shape index (κ2) is 12.6. The van der Waals surface area contributed by atoms with Crippen LogP contribution in [0.3, 0.4) is 0 Å². The molecule has 0 aliphatic heterocycles. The first kappa shape index (κ1) is 25.7. The van der Waals surface area contributed by atoms with E-state index in [1.54, 1.807) is 49.4 Å². The molecule has 6 nitrogen and oxygen atoms in total. The van der Waals surface area contributed by atoms with Crippen LogP contribution in [0.5, 0.6) is 0 Å². The molecule has 2 N–H and O–H groups in total. The fraction of sp³-hybridized carbons (Fsp3) is 0.100. The molecule has 0 fully saturated rings. The first-order valence-corrected chi connectivity index (χ1v) is 12.8. The molecule has 0 saturated carbocycles. The van der Waals surface area contributed by atoms with Gasteiger partial charge in [0.25, 0.3) is 11.8 Å². The highest BCUT2D eigenvalue weighted by Crippen LogP contribution is 2.23. The molecular formula is C30H26N2O4S. The van der Waals surface area contributed by atoms with Crippen molar-refractivity contribution < 1.29 is 19.1 Å². The molecule has 0 spiro atoms. The van der Waals surface area contributed by atoms with Crippen molar-refractivity contribution in [3.63, 3.8) is 0 Å². The summed E-state index contributed by atoms with van der Waals surface area (Å²) in [5.74, 6) is -0.900. The second-order valence-corrected chi connectivity index (χ2v) is 9.07. The van der Waals surface area contributed by atoms with Crippen molar-refractivity contribution >= 4 is 52.1 Å². The van der Waals surface area contributed by atoms with Gasteiger partial charge in [0.15, 0.2) is 0 Å². The molecule has 4 aromatic carbocycles. The molecule has 0 heterocycles. The first-order chi connectivity index (χ1) is 18.0. The molecule has 2 amide bonds. The van der Waals surface area contributed by atoms with Crippen LogP contribution in [0.4, 0.5) is 5.69 Å². The summed E-state index contributed by atoms with van der Waals surface area (Å²) in [5.41, 5.74) is 1.93. The Balaban J connectivity index is 1.56. The van der Waals surface area contributed by atoms with Gasteiger partial charge in [0.05, 0.1) is 12.4 Å². The number of hydrogen-bond donors (Lipinski definition) is 2. The molecule has 0 radical (unpaired) electrons. The number of carbonyl (C=O) groups is 3. The maximum Gasteiger partial charge on any atom is 0.316 e. The van der Waals surface area contributed by atoms with Crippen LogP contribution in [-0.4, -0.2) is 30.1 Å². The predicted octanol–water partition coefficient (Wildman–Crippen LogP) is 5.90. The summed E-state index contributed by atoms with van der Waals surface area (Å²) in [6, 6.07) is 29.5. The number of nitrogens with one attached hydrogen (secondary N) is 2. The SMILES string of the molecule is CCOC(=O)CSc1ccc(NC(=O)/C(=C/c2cccc3ccccc23)NC(=O)c2ccccc2)cc1. The highest BCUT2D eigenvalue weighted by atomic mass is 32.2. The summed E-state index contributed by atoms with van der Waals surface area (Å²) in [6.45, 7) is 2.12. The molecular weight excluding hydrogens is 484 g/mol. The molecule has 7 heteroatoms. The van der Waals surface area contributed by atoms with E-state index in [9.17, 15) is 14.4 Å². The zero-order chi connectivity index (χ0) is 26.0. The van der Waals surface area contributed by atoms with E-state index in [0.29, 0.717) is 17.9 Å². The molecule has 0 atom stereocenters. The van der Waals surface area contributed by atoms with Gasteiger partial charge in [0.2, 0.25) is 0 Å². The third kappa shape index (κ3) is 7.08. The van der Waals surface area contributed by atoms with Crippen molar-refractivity contribution in [2.24, 2.45) is 0 Å². The van der Waals surface area contributed by atoms with Gasteiger partial charge in [-0.25, -0.2) is 0 Å². The maximum absolute atomic E-state index is 13.3. The number of thioether (sulfide) groups is 1. The van der Waals surface area contributed by atoms with Crippen LogP contribution < -0.4 is 10.6 Å². The minimum atomic E-state index is -0.454. The van der Waals surface area contributed by atoms with Gasteiger partial charge in [-0.1, -0.05) is 60.7 Å². The number of ether oxygens (including phenoxy) is 1. The Hall–Kier alpha value is -4.36. The Labute approximate surface area is 219 Å². The number of benzene rings is 4. The molecule has 0 unspecified atom stereocenters. The lowest BCUT2D eigenvalue weighted by atomic mass is 10.0. The summed E-state index contributed by atoms with van der Waals surface area (Å²) in [7, 11) is 0. The molecule has 4 aromatic rings. The number of amides is 2. The Morgan fingerprint density at radius 2 is 1.54 bits per heavy atom. The fourth-order valence-electron chi connectivity index (χ4n) is 3.65. The van der Waals surface area contributed by atoms with Crippen LogP contribution in [0.1, 0.15) is 22.8 Å². The Bertz CT molecular complexity index is 1430. The van der Waals surface area contributed by atoms with E-state index in [1.165, 1.54) is 11.8 Å². The van der Waals surface area contributed by atoms with Gasteiger partial charge in [0, 0.05) is 16.1 Å². The van der Waals surface area contributed by atoms with Gasteiger partial charge in [-0.05, 0) is 65.7 Å². The maximum atomic E-state index is 13.3. The van der Waals surface area contributed by atoms with E-state index >= 15 is 0 Å². The van der Waals surface area contributed by atoms with E-state index in [0.717, 1.165) is 21.2 Å². The highest BCUT2D eigenvalue weighted by Gasteiger charge is 2.16. The third-order valence-corrected chi connectivity index (χ3v) is 6.41. The van der Waals surface area contributed by atoms with Gasteiger partial charge in [-0.2, -0.15) is 0 Å². The lowest BCUT2D eigenvalue weighted by molar-refractivity contribution is -0.139. The average Bonchev–Trinajstić information content (AvgIpc) is 2.93. The van der Waals surface area contributed by atoms with E-state index in [1.807, 2.05) is 60.7 Å². The topological polar surface area (TPSA) is 84.5 Å². The van der Waals surface area contributed by atoms with E-state index in [4.69, 9.17) is 4.74 Å². The van der Waals surface area contributed by atoms with Crippen molar-refractivity contribution in [2.75, 3.05) is 17.7 Å². The molecule has 0 aromatic heterocycles. The number of fused-ring (bicyclic) bond motifs is 1. The van der Waals surface area contributed by atoms with Gasteiger partial charge in [-0.3, -0.25) is 14.4 Å². The van der Waals surface area contributed by atoms with E-state index in [2.05, 4.69) is 10.6 Å². The molecule has 0 bridgehead atoms. The van der Waals surface area contributed by atoms with E-state index in [-0.39, 0.29) is 23.3 Å². The normalized spacial score (nSPS) is 11.1. The quantitative estimate of drug-likeness (QED) is 0.166. The molecule has 186 valence electrons. The minimum absolute atomic E-state index is 0.117. The van der Waals surface area contributed by atoms with Crippen LogP contribution in [0.2, 0.25) is 0 Å². The van der Waals surface area contributed by atoms with Crippen LogP contribution in [-0.2, 0) is 14.3 Å². The molecule has 0 aliphatic carbocycles. The summed E-state index contributed by atoms with van der Waals surface area (Å²) in [5, 5.41) is 7.63. The number of rotatable bonds is 9. The minimum Gasteiger partial charge on any atom is -0.465 e. The highest BCUT2D eigenvalue weighted by molar-refractivity contribution is 8.00. The predicted molar refractivity (Wildman–Crippen MR) is 148 cm³/mol. The number of hydrogen-bond acceptors (Lipinski definition) is 5. The summed E-state index contributed by atoms with van der Waals surface area (Å²) < 4.78 is 4.95. The standard InChI is InChI=1S/C30H26N2O4S/c1-2-36-28(33)20-37-25-17-15-24(16-18-25)31-30(35)27(32-29(34)22-10-4-3-5-11-22)19-23-13-8-12-21-9-6-7-14-26(21)23/h3-19H,2,20H2,1H3,(H,31,35)(H,32,34)/b27-19-. The number of carbonyl (C=O) groups excluding carboxylic acids is 3. The number of anilines is 1. The Morgan fingerprint density at radius 1 is 0.838 bits per heavy atom. The summed E-state index contributed by atoms with van der Waals surface area (Å²) >= 11 is 1.36. The van der Waals surface area contributed by atoms with Crippen LogP contribution >= 0.6 is 11.8 Å². The van der Waals surface area contributed by atoms with Crippen LogP contribution in [0.15, 0.2) is 108 Å². The fourth-order valence-corrected chi connectivity index (χ4v) is 4.35. The van der Waals surface area contributed by atoms with Gasteiger partial charge < -0.3 is 15.4 Å². The Morgan fingerprint density at radius 3 is 2.30 bits per heavy atom. The van der Waals surface area contributed by atoms with Gasteiger partial charge >= 0.3 is 5.97 Å². The first-order valence-electron chi connectivity index (χ1n) is 11.8. The van der Waals surface area contributed by atoms with Crippen molar-refractivity contribution in [2.45, 2.75) is 11.8 Å². The van der Waals surface area contributed by atoms with Crippen molar-refractivity contribution in [3.05, 3.63) is 114 Å². The zero-order valence-corrected chi connectivity index (χ0v) is 21.1. The van der Waals surface area contributed by atoms with Crippen molar-refractivity contribution in [1.82, 2.24) is 5.32 Å². The largest absolute Gasteiger partial charge is 0.465 e. The smallest absolute Gasteiger partial charge is 0.316 e. The van der Waals surface area contributed by atoms with Crippen LogP contribution in [0, 0.1) is 0 Å². The molecule has 4 rings (SSSR count). The molecule has 0 saturated heterocycles. The van der Waals surface area contributed by atoms with E-state index < -0.39 is 5.91 Å². The molecule has 0 aliphatic rings.